The highest BCUT2D eigenvalue weighted by molar-refractivity contribution is 5.36. The van der Waals surface area contributed by atoms with Gasteiger partial charge in [0.1, 0.15) is 0 Å². The molecule has 1 aliphatic rings. The Morgan fingerprint density at radius 3 is 2.80 bits per heavy atom. The first kappa shape index (κ1) is 13.1. The van der Waals surface area contributed by atoms with Gasteiger partial charge in [0.05, 0.1) is 5.69 Å². The smallest absolute Gasteiger partial charge is 0.223 e. The third kappa shape index (κ3) is 2.80. The second kappa shape index (κ2) is 5.59. The zero-order chi connectivity index (χ0) is 13.9. The lowest BCUT2D eigenvalue weighted by Crippen LogP contribution is -2.28. The van der Waals surface area contributed by atoms with E-state index in [1.54, 1.807) is 0 Å². The van der Waals surface area contributed by atoms with Crippen molar-refractivity contribution in [3.63, 3.8) is 0 Å². The second-order valence-electron chi connectivity index (χ2n) is 5.38. The third-order valence-corrected chi connectivity index (χ3v) is 3.75. The molecule has 2 heterocycles. The molecule has 3 rings (SSSR count). The number of nitrogens with zero attached hydrogens (tertiary/aromatic N) is 3. The molecule has 0 spiro atoms. The number of fused-ring (bicyclic) bond motifs is 1. The summed E-state index contributed by atoms with van der Waals surface area (Å²) in [5.41, 5.74) is 4.83. The number of aryl methyl sites for hydroxylation is 1. The topological polar surface area (TPSA) is 41.1 Å². The van der Waals surface area contributed by atoms with Gasteiger partial charge >= 0.3 is 0 Å². The van der Waals surface area contributed by atoms with Crippen LogP contribution in [-0.4, -0.2) is 28.5 Å². The first-order chi connectivity index (χ1) is 9.72. The molecule has 0 saturated carbocycles. The maximum Gasteiger partial charge on any atom is 0.223 e. The quantitative estimate of drug-likeness (QED) is 0.928. The van der Waals surface area contributed by atoms with Gasteiger partial charge in [-0.15, -0.1) is 0 Å². The monoisotopic (exact) mass is 268 g/mol. The number of likely N-dealkylation sites (N-methyl/N-ethyl adjacent to an activating group) is 1. The Balaban J connectivity index is 1.76. The van der Waals surface area contributed by atoms with Crippen molar-refractivity contribution < 1.29 is 0 Å². The predicted molar refractivity (Wildman–Crippen MR) is 80.6 cm³/mol. The van der Waals surface area contributed by atoms with Crippen molar-refractivity contribution in [2.24, 2.45) is 0 Å². The molecule has 0 amide bonds. The van der Waals surface area contributed by atoms with Crippen LogP contribution < -0.4 is 5.32 Å². The lowest BCUT2D eigenvalue weighted by atomic mass is 10.1. The van der Waals surface area contributed by atoms with Crippen molar-refractivity contribution in [3.8, 4) is 0 Å². The highest BCUT2D eigenvalue weighted by atomic mass is 15.1. The maximum atomic E-state index is 4.67. The van der Waals surface area contributed by atoms with Crippen LogP contribution in [0.1, 0.15) is 22.5 Å². The Kier molecular flexibility index (Phi) is 3.65. The average Bonchev–Trinajstić information content (AvgIpc) is 2.47. The second-order valence-corrected chi connectivity index (χ2v) is 5.38. The lowest BCUT2D eigenvalue weighted by Gasteiger charge is -2.25. The number of benzene rings is 1. The van der Waals surface area contributed by atoms with Crippen LogP contribution in [0.5, 0.6) is 0 Å². The third-order valence-electron chi connectivity index (χ3n) is 3.75. The molecule has 1 aromatic carbocycles. The molecular weight excluding hydrogens is 248 g/mol. The summed E-state index contributed by atoms with van der Waals surface area (Å²) in [5, 5.41) is 3.33. The Morgan fingerprint density at radius 1 is 1.20 bits per heavy atom. The minimum Gasteiger partial charge on any atom is -0.350 e. The van der Waals surface area contributed by atoms with E-state index in [9.17, 15) is 0 Å². The van der Waals surface area contributed by atoms with E-state index in [0.717, 1.165) is 37.7 Å². The van der Waals surface area contributed by atoms with Crippen molar-refractivity contribution >= 4 is 5.95 Å². The number of hydrogen-bond donors (Lipinski definition) is 1. The molecule has 4 nitrogen and oxygen atoms in total. The minimum atomic E-state index is 0.745. The molecule has 4 heteroatoms. The molecule has 0 aliphatic carbocycles. The van der Waals surface area contributed by atoms with Crippen LogP contribution in [-0.2, 0) is 19.5 Å². The van der Waals surface area contributed by atoms with Crippen LogP contribution in [0.3, 0.4) is 0 Å². The van der Waals surface area contributed by atoms with Crippen LogP contribution in [0.4, 0.5) is 5.95 Å². The van der Waals surface area contributed by atoms with E-state index in [1.165, 1.54) is 16.8 Å². The van der Waals surface area contributed by atoms with Gasteiger partial charge in [-0.05, 0) is 19.5 Å². The SMILES string of the molecule is Cc1nc(NCc2ccccc2)nc2c1CN(C)CC2. The van der Waals surface area contributed by atoms with Crippen LogP contribution in [0.25, 0.3) is 0 Å². The highest BCUT2D eigenvalue weighted by Gasteiger charge is 2.18. The molecule has 20 heavy (non-hydrogen) atoms. The Morgan fingerprint density at radius 2 is 2.00 bits per heavy atom. The molecule has 0 bridgehead atoms. The molecule has 0 saturated heterocycles. The molecular formula is C16H20N4. The van der Waals surface area contributed by atoms with Gasteiger partial charge in [0.2, 0.25) is 5.95 Å². The van der Waals surface area contributed by atoms with Gasteiger partial charge in [-0.2, -0.15) is 0 Å². The summed E-state index contributed by atoms with van der Waals surface area (Å²) in [6, 6.07) is 10.3. The number of hydrogen-bond acceptors (Lipinski definition) is 4. The van der Waals surface area contributed by atoms with Crippen molar-refractivity contribution in [1.29, 1.82) is 0 Å². The van der Waals surface area contributed by atoms with Gasteiger partial charge in [-0.1, -0.05) is 30.3 Å². The predicted octanol–water partition coefficient (Wildman–Crippen LogP) is 2.39. The van der Waals surface area contributed by atoms with Gasteiger partial charge in [-0.3, -0.25) is 0 Å². The normalized spacial score (nSPS) is 14.9. The van der Waals surface area contributed by atoms with E-state index in [-0.39, 0.29) is 0 Å². The van der Waals surface area contributed by atoms with Crippen molar-refractivity contribution in [3.05, 3.63) is 52.8 Å². The van der Waals surface area contributed by atoms with E-state index in [2.05, 4.69) is 46.3 Å². The van der Waals surface area contributed by atoms with Gasteiger partial charge in [0.25, 0.3) is 0 Å². The summed E-state index contributed by atoms with van der Waals surface area (Å²) >= 11 is 0. The fourth-order valence-corrected chi connectivity index (χ4v) is 2.57. The first-order valence-electron chi connectivity index (χ1n) is 7.05. The van der Waals surface area contributed by atoms with Gasteiger partial charge < -0.3 is 10.2 Å². The standard InChI is InChI=1S/C16H20N4/c1-12-14-11-20(2)9-8-15(14)19-16(18-12)17-10-13-6-4-3-5-7-13/h3-7H,8-11H2,1-2H3,(H,17,18,19). The van der Waals surface area contributed by atoms with E-state index in [0.29, 0.717) is 0 Å². The molecule has 0 radical (unpaired) electrons. The molecule has 2 aromatic rings. The van der Waals surface area contributed by atoms with Crippen molar-refractivity contribution in [1.82, 2.24) is 14.9 Å². The van der Waals surface area contributed by atoms with Gasteiger partial charge in [0, 0.05) is 37.3 Å². The van der Waals surface area contributed by atoms with Crippen LogP contribution in [0.15, 0.2) is 30.3 Å². The minimum absolute atomic E-state index is 0.745. The number of anilines is 1. The summed E-state index contributed by atoms with van der Waals surface area (Å²) in [6.07, 6.45) is 1.01. The van der Waals surface area contributed by atoms with Crippen molar-refractivity contribution in [2.75, 3.05) is 18.9 Å². The molecule has 0 fully saturated rings. The van der Waals surface area contributed by atoms with E-state index >= 15 is 0 Å². The molecule has 104 valence electrons. The summed E-state index contributed by atoms with van der Waals surface area (Å²) in [6.45, 7) is 4.87. The average molecular weight is 268 g/mol. The summed E-state index contributed by atoms with van der Waals surface area (Å²) < 4.78 is 0. The van der Waals surface area contributed by atoms with E-state index < -0.39 is 0 Å². The number of rotatable bonds is 3. The molecule has 1 N–H and O–H groups in total. The summed E-state index contributed by atoms with van der Waals surface area (Å²) in [7, 11) is 2.14. The van der Waals surface area contributed by atoms with Crippen LogP contribution in [0.2, 0.25) is 0 Å². The molecule has 1 aromatic heterocycles. The largest absolute Gasteiger partial charge is 0.350 e. The Hall–Kier alpha value is -1.94. The highest BCUT2D eigenvalue weighted by Crippen LogP contribution is 2.20. The zero-order valence-corrected chi connectivity index (χ0v) is 12.1. The molecule has 1 aliphatic heterocycles. The van der Waals surface area contributed by atoms with Crippen LogP contribution >= 0.6 is 0 Å². The fraction of sp³-hybridized carbons (Fsp3) is 0.375. The number of nitrogens with one attached hydrogen (secondary N) is 1. The first-order valence-corrected chi connectivity index (χ1v) is 7.05. The molecule has 0 atom stereocenters. The summed E-state index contributed by atoms with van der Waals surface area (Å²) in [4.78, 5) is 11.6. The Bertz CT molecular complexity index is 595. The fourth-order valence-electron chi connectivity index (χ4n) is 2.57. The van der Waals surface area contributed by atoms with E-state index in [1.807, 2.05) is 18.2 Å². The van der Waals surface area contributed by atoms with Gasteiger partial charge in [0.15, 0.2) is 0 Å². The number of aromatic nitrogens is 2. The van der Waals surface area contributed by atoms with Crippen LogP contribution in [0, 0.1) is 6.92 Å². The van der Waals surface area contributed by atoms with Crippen molar-refractivity contribution in [2.45, 2.75) is 26.4 Å². The van der Waals surface area contributed by atoms with Gasteiger partial charge in [-0.25, -0.2) is 9.97 Å². The molecule has 0 unspecified atom stereocenters. The lowest BCUT2D eigenvalue weighted by molar-refractivity contribution is 0.308. The Labute approximate surface area is 119 Å². The zero-order valence-electron chi connectivity index (χ0n) is 12.1. The summed E-state index contributed by atoms with van der Waals surface area (Å²) in [5.74, 6) is 0.745. The maximum absolute atomic E-state index is 4.67. The van der Waals surface area contributed by atoms with E-state index in [4.69, 9.17) is 0 Å².